The average Bonchev–Trinajstić information content (AvgIpc) is 2.84. The monoisotopic (exact) mass is 283 g/mol. The summed E-state index contributed by atoms with van der Waals surface area (Å²) in [5, 5.41) is 3.37. The zero-order chi connectivity index (χ0) is 14.6. The number of nitrogens with one attached hydrogen (secondary N) is 1. The van der Waals surface area contributed by atoms with Gasteiger partial charge in [-0.05, 0) is 40.0 Å². The fourth-order valence-electron chi connectivity index (χ4n) is 2.96. The number of hydrogen-bond donors (Lipinski definition) is 1. The summed E-state index contributed by atoms with van der Waals surface area (Å²) >= 11 is 0. The number of carbonyl (C=O) groups excluding carboxylic acids is 1. The van der Waals surface area contributed by atoms with Crippen LogP contribution in [-0.4, -0.2) is 66.8 Å². The van der Waals surface area contributed by atoms with Crippen LogP contribution in [0.3, 0.4) is 0 Å². The molecular formula is C15H29N3O2. The van der Waals surface area contributed by atoms with Gasteiger partial charge in [-0.2, -0.15) is 0 Å². The second kappa shape index (κ2) is 6.76. The number of hydrogen-bond acceptors (Lipinski definition) is 4. The number of ether oxygens (including phenoxy) is 1. The molecule has 116 valence electrons. The van der Waals surface area contributed by atoms with Crippen molar-refractivity contribution in [2.75, 3.05) is 39.3 Å². The largest absolute Gasteiger partial charge is 0.444 e. The Balaban J connectivity index is 1.79. The van der Waals surface area contributed by atoms with Gasteiger partial charge in [0, 0.05) is 45.3 Å². The molecule has 2 aliphatic rings. The Hall–Kier alpha value is -0.810. The Labute approximate surface area is 122 Å². The molecule has 0 aromatic heterocycles. The highest BCUT2D eigenvalue weighted by Gasteiger charge is 2.32. The van der Waals surface area contributed by atoms with E-state index in [-0.39, 0.29) is 6.09 Å². The van der Waals surface area contributed by atoms with Crippen molar-refractivity contribution >= 4 is 6.09 Å². The van der Waals surface area contributed by atoms with E-state index in [1.165, 1.54) is 0 Å². The molecule has 0 bridgehead atoms. The molecule has 20 heavy (non-hydrogen) atoms. The summed E-state index contributed by atoms with van der Waals surface area (Å²) in [5.41, 5.74) is -0.400. The normalized spacial score (nSPS) is 24.9. The molecule has 2 aliphatic heterocycles. The summed E-state index contributed by atoms with van der Waals surface area (Å²) in [5.74, 6) is 0. The van der Waals surface area contributed by atoms with Gasteiger partial charge in [0.1, 0.15) is 5.60 Å². The molecule has 0 radical (unpaired) electrons. The van der Waals surface area contributed by atoms with Crippen molar-refractivity contribution in [3.05, 3.63) is 0 Å². The van der Waals surface area contributed by atoms with Crippen LogP contribution in [0.2, 0.25) is 0 Å². The van der Waals surface area contributed by atoms with Crippen molar-refractivity contribution in [3.63, 3.8) is 0 Å². The van der Waals surface area contributed by atoms with Gasteiger partial charge in [0.25, 0.3) is 0 Å². The SMILES string of the molecule is CC(C)(C)OC(=O)N1CCCC1CCN1CCNCC1. The van der Waals surface area contributed by atoms with Gasteiger partial charge in [0.05, 0.1) is 0 Å². The van der Waals surface area contributed by atoms with E-state index in [1.54, 1.807) is 0 Å². The van der Waals surface area contributed by atoms with Crippen LogP contribution in [0.25, 0.3) is 0 Å². The first-order valence-electron chi connectivity index (χ1n) is 7.88. The van der Waals surface area contributed by atoms with Crippen molar-refractivity contribution in [2.45, 2.75) is 51.7 Å². The van der Waals surface area contributed by atoms with Crippen molar-refractivity contribution in [2.24, 2.45) is 0 Å². The molecular weight excluding hydrogens is 254 g/mol. The van der Waals surface area contributed by atoms with Gasteiger partial charge in [0.2, 0.25) is 0 Å². The van der Waals surface area contributed by atoms with Gasteiger partial charge in [-0.1, -0.05) is 0 Å². The maximum absolute atomic E-state index is 12.2. The first kappa shape index (κ1) is 15.6. The first-order valence-corrected chi connectivity index (χ1v) is 7.88. The Bertz CT molecular complexity index is 322. The minimum atomic E-state index is -0.400. The molecule has 2 fully saturated rings. The lowest BCUT2D eigenvalue weighted by Crippen LogP contribution is -2.46. The topological polar surface area (TPSA) is 44.8 Å². The van der Waals surface area contributed by atoms with Crippen LogP contribution in [0.5, 0.6) is 0 Å². The van der Waals surface area contributed by atoms with Crippen LogP contribution in [0.4, 0.5) is 4.79 Å². The lowest BCUT2D eigenvalue weighted by atomic mass is 10.1. The Morgan fingerprint density at radius 2 is 1.95 bits per heavy atom. The molecule has 0 aliphatic carbocycles. The Kier molecular flexibility index (Phi) is 5.27. The molecule has 0 aromatic carbocycles. The van der Waals surface area contributed by atoms with Crippen LogP contribution in [-0.2, 0) is 4.74 Å². The smallest absolute Gasteiger partial charge is 0.410 e. The minimum Gasteiger partial charge on any atom is -0.444 e. The fourth-order valence-corrected chi connectivity index (χ4v) is 2.96. The maximum atomic E-state index is 12.2. The van der Waals surface area contributed by atoms with Gasteiger partial charge in [-0.15, -0.1) is 0 Å². The molecule has 1 unspecified atom stereocenters. The molecule has 2 heterocycles. The van der Waals surface area contributed by atoms with Crippen LogP contribution >= 0.6 is 0 Å². The summed E-state index contributed by atoms with van der Waals surface area (Å²) in [7, 11) is 0. The third-order valence-electron chi connectivity index (χ3n) is 3.99. The number of piperazine rings is 1. The number of likely N-dealkylation sites (tertiary alicyclic amines) is 1. The average molecular weight is 283 g/mol. The second-order valence-electron chi connectivity index (χ2n) is 6.85. The van der Waals surface area contributed by atoms with Gasteiger partial charge in [-0.3, -0.25) is 0 Å². The van der Waals surface area contributed by atoms with Crippen LogP contribution in [0, 0.1) is 0 Å². The molecule has 0 aromatic rings. The molecule has 0 saturated carbocycles. The standard InChI is InChI=1S/C15H29N3O2/c1-15(2,3)20-14(19)18-9-4-5-13(18)6-10-17-11-7-16-8-12-17/h13,16H,4-12H2,1-3H3. The number of amides is 1. The number of carbonyl (C=O) groups is 1. The molecule has 1 amide bonds. The van der Waals surface area contributed by atoms with Crippen molar-refractivity contribution < 1.29 is 9.53 Å². The highest BCUT2D eigenvalue weighted by molar-refractivity contribution is 5.68. The van der Waals surface area contributed by atoms with Crippen molar-refractivity contribution in [1.29, 1.82) is 0 Å². The van der Waals surface area contributed by atoms with Crippen molar-refractivity contribution in [1.82, 2.24) is 15.1 Å². The van der Waals surface area contributed by atoms with E-state index < -0.39 is 5.60 Å². The van der Waals surface area contributed by atoms with Gasteiger partial charge in [-0.25, -0.2) is 4.79 Å². The highest BCUT2D eigenvalue weighted by Crippen LogP contribution is 2.23. The van der Waals surface area contributed by atoms with Crippen molar-refractivity contribution in [3.8, 4) is 0 Å². The molecule has 0 spiro atoms. The van der Waals surface area contributed by atoms with Crippen LogP contribution in [0.15, 0.2) is 0 Å². The van der Waals surface area contributed by atoms with E-state index in [1.807, 2.05) is 25.7 Å². The molecule has 2 saturated heterocycles. The third kappa shape index (κ3) is 4.63. The predicted octanol–water partition coefficient (Wildman–Crippen LogP) is 1.68. The Morgan fingerprint density at radius 3 is 2.60 bits per heavy atom. The maximum Gasteiger partial charge on any atom is 0.410 e. The zero-order valence-electron chi connectivity index (χ0n) is 13.2. The lowest BCUT2D eigenvalue weighted by Gasteiger charge is -2.31. The predicted molar refractivity (Wildman–Crippen MR) is 79.9 cm³/mol. The zero-order valence-corrected chi connectivity index (χ0v) is 13.2. The summed E-state index contributed by atoms with van der Waals surface area (Å²) in [6, 6.07) is 0.361. The summed E-state index contributed by atoms with van der Waals surface area (Å²) < 4.78 is 5.51. The quantitative estimate of drug-likeness (QED) is 0.856. The fraction of sp³-hybridized carbons (Fsp3) is 0.933. The van der Waals surface area contributed by atoms with Crippen LogP contribution < -0.4 is 5.32 Å². The van der Waals surface area contributed by atoms with Gasteiger partial charge >= 0.3 is 6.09 Å². The minimum absolute atomic E-state index is 0.139. The van der Waals surface area contributed by atoms with Gasteiger partial charge < -0.3 is 19.9 Å². The van der Waals surface area contributed by atoms with E-state index in [2.05, 4.69) is 10.2 Å². The molecule has 1 atom stereocenters. The van der Waals surface area contributed by atoms with E-state index >= 15 is 0 Å². The summed E-state index contributed by atoms with van der Waals surface area (Å²) in [4.78, 5) is 16.6. The molecule has 1 N–H and O–H groups in total. The van der Waals surface area contributed by atoms with E-state index in [0.29, 0.717) is 6.04 Å². The summed E-state index contributed by atoms with van der Waals surface area (Å²) in [6.45, 7) is 12.1. The molecule has 2 rings (SSSR count). The Morgan fingerprint density at radius 1 is 1.25 bits per heavy atom. The van der Waals surface area contributed by atoms with E-state index in [4.69, 9.17) is 4.74 Å². The molecule has 5 heteroatoms. The van der Waals surface area contributed by atoms with E-state index in [0.717, 1.165) is 58.5 Å². The van der Waals surface area contributed by atoms with E-state index in [9.17, 15) is 4.79 Å². The van der Waals surface area contributed by atoms with Gasteiger partial charge in [0.15, 0.2) is 0 Å². The highest BCUT2D eigenvalue weighted by atomic mass is 16.6. The number of nitrogens with zero attached hydrogens (tertiary/aromatic N) is 2. The second-order valence-corrected chi connectivity index (χ2v) is 6.85. The number of rotatable bonds is 3. The molecule has 5 nitrogen and oxygen atoms in total. The first-order chi connectivity index (χ1) is 9.46. The van der Waals surface area contributed by atoms with Crippen LogP contribution in [0.1, 0.15) is 40.0 Å². The third-order valence-corrected chi connectivity index (χ3v) is 3.99. The summed E-state index contributed by atoms with van der Waals surface area (Å²) in [6.07, 6.45) is 3.15. The lowest BCUT2D eigenvalue weighted by molar-refractivity contribution is 0.0212.